The predicted molar refractivity (Wildman–Crippen MR) is 74.4 cm³/mol. The Labute approximate surface area is 116 Å². The van der Waals surface area contributed by atoms with E-state index in [1.54, 1.807) is 0 Å². The molecule has 1 spiro atoms. The fourth-order valence-electron chi connectivity index (χ4n) is 3.25. The van der Waals surface area contributed by atoms with Crippen LogP contribution < -0.4 is 5.32 Å². The summed E-state index contributed by atoms with van der Waals surface area (Å²) in [5.74, 6) is 0.316. The van der Waals surface area contributed by atoms with Crippen molar-refractivity contribution >= 4 is 5.91 Å². The Hall–Kier alpha value is -1.08. The lowest BCUT2D eigenvalue weighted by atomic mass is 9.78. The van der Waals surface area contributed by atoms with Crippen LogP contribution in [0.3, 0.4) is 0 Å². The topological polar surface area (TPSA) is 56.1 Å². The van der Waals surface area contributed by atoms with Crippen molar-refractivity contribution in [1.29, 1.82) is 5.26 Å². The molecule has 106 valence electrons. The van der Waals surface area contributed by atoms with E-state index in [4.69, 9.17) is 5.26 Å². The van der Waals surface area contributed by atoms with Gasteiger partial charge >= 0.3 is 0 Å². The van der Waals surface area contributed by atoms with Gasteiger partial charge < -0.3 is 10.2 Å². The van der Waals surface area contributed by atoms with Gasteiger partial charge in [0, 0.05) is 19.5 Å². The normalized spacial score (nSPS) is 22.8. The van der Waals surface area contributed by atoms with Gasteiger partial charge in [-0.1, -0.05) is 0 Å². The monoisotopic (exact) mass is 263 g/mol. The maximum absolute atomic E-state index is 12.1. The van der Waals surface area contributed by atoms with Gasteiger partial charge in [0.1, 0.15) is 0 Å². The lowest BCUT2D eigenvalue weighted by Crippen LogP contribution is -2.38. The second-order valence-electron chi connectivity index (χ2n) is 6.84. The molecule has 0 atom stereocenters. The highest BCUT2D eigenvalue weighted by Crippen LogP contribution is 2.39. The summed E-state index contributed by atoms with van der Waals surface area (Å²) in [6, 6.07) is 2.32. The first-order valence-electron chi connectivity index (χ1n) is 7.36. The van der Waals surface area contributed by atoms with Gasteiger partial charge in [-0.3, -0.25) is 4.79 Å². The third-order valence-corrected chi connectivity index (χ3v) is 4.60. The van der Waals surface area contributed by atoms with Crippen LogP contribution in [0.5, 0.6) is 0 Å². The molecule has 2 rings (SSSR count). The van der Waals surface area contributed by atoms with Crippen LogP contribution in [0.15, 0.2) is 0 Å². The zero-order valence-corrected chi connectivity index (χ0v) is 12.2. The van der Waals surface area contributed by atoms with E-state index in [9.17, 15) is 4.79 Å². The minimum Gasteiger partial charge on any atom is -0.342 e. The Balaban J connectivity index is 1.82. The molecule has 0 bridgehead atoms. The van der Waals surface area contributed by atoms with Gasteiger partial charge in [0.25, 0.3) is 0 Å². The number of likely N-dealkylation sites (tertiary alicyclic amines) is 1. The second kappa shape index (κ2) is 5.50. The molecule has 2 aliphatic heterocycles. The Morgan fingerprint density at radius 2 is 2.11 bits per heavy atom. The van der Waals surface area contributed by atoms with Gasteiger partial charge in [0.15, 0.2) is 0 Å². The quantitative estimate of drug-likeness (QED) is 0.843. The SMILES string of the molecule is CC(C)(C#N)CCCN1CC2(CCNCC2)CC1=O. The number of nitrogens with zero attached hydrogens (tertiary/aromatic N) is 2. The highest BCUT2D eigenvalue weighted by molar-refractivity contribution is 5.79. The number of carbonyl (C=O) groups is 1. The van der Waals surface area contributed by atoms with E-state index in [1.807, 2.05) is 18.7 Å². The molecular formula is C15H25N3O. The molecule has 4 heteroatoms. The van der Waals surface area contributed by atoms with E-state index in [0.717, 1.165) is 58.3 Å². The number of amides is 1. The Morgan fingerprint density at radius 1 is 1.42 bits per heavy atom. The van der Waals surface area contributed by atoms with E-state index in [1.165, 1.54) is 0 Å². The van der Waals surface area contributed by atoms with Crippen molar-refractivity contribution in [3.63, 3.8) is 0 Å². The number of carbonyl (C=O) groups excluding carboxylic acids is 1. The lowest BCUT2D eigenvalue weighted by molar-refractivity contribution is -0.127. The van der Waals surface area contributed by atoms with Crippen molar-refractivity contribution in [2.24, 2.45) is 10.8 Å². The number of nitriles is 1. The highest BCUT2D eigenvalue weighted by Gasteiger charge is 2.43. The van der Waals surface area contributed by atoms with Crippen LogP contribution in [0.4, 0.5) is 0 Å². The summed E-state index contributed by atoms with van der Waals surface area (Å²) in [5, 5.41) is 12.4. The maximum Gasteiger partial charge on any atom is 0.223 e. The summed E-state index contributed by atoms with van der Waals surface area (Å²) < 4.78 is 0. The fraction of sp³-hybridized carbons (Fsp3) is 0.867. The summed E-state index contributed by atoms with van der Waals surface area (Å²) in [6.07, 6.45) is 4.77. The molecule has 1 amide bonds. The summed E-state index contributed by atoms with van der Waals surface area (Å²) in [5.41, 5.74) is -0.0255. The maximum atomic E-state index is 12.1. The zero-order valence-electron chi connectivity index (χ0n) is 12.2. The summed E-state index contributed by atoms with van der Waals surface area (Å²) in [6.45, 7) is 7.77. The van der Waals surface area contributed by atoms with Crippen molar-refractivity contribution in [3.8, 4) is 6.07 Å². The van der Waals surface area contributed by atoms with Crippen molar-refractivity contribution in [2.45, 2.75) is 46.0 Å². The van der Waals surface area contributed by atoms with Gasteiger partial charge in [-0.25, -0.2) is 0 Å². The van der Waals surface area contributed by atoms with Crippen molar-refractivity contribution in [3.05, 3.63) is 0 Å². The van der Waals surface area contributed by atoms with E-state index in [2.05, 4.69) is 11.4 Å². The van der Waals surface area contributed by atoms with E-state index in [0.29, 0.717) is 5.91 Å². The molecule has 0 aromatic heterocycles. The van der Waals surface area contributed by atoms with Gasteiger partial charge in [-0.2, -0.15) is 5.26 Å². The number of rotatable bonds is 4. The van der Waals surface area contributed by atoms with Gasteiger partial charge in [0.05, 0.1) is 11.5 Å². The Bertz CT molecular complexity index is 377. The van der Waals surface area contributed by atoms with Gasteiger partial charge in [0.2, 0.25) is 5.91 Å². The van der Waals surface area contributed by atoms with E-state index >= 15 is 0 Å². The van der Waals surface area contributed by atoms with Crippen LogP contribution in [0.1, 0.15) is 46.0 Å². The molecule has 0 aliphatic carbocycles. The molecule has 0 aromatic carbocycles. The number of hydrogen-bond acceptors (Lipinski definition) is 3. The second-order valence-corrected chi connectivity index (χ2v) is 6.84. The summed E-state index contributed by atoms with van der Waals surface area (Å²) in [7, 11) is 0. The molecule has 2 heterocycles. The first-order chi connectivity index (χ1) is 8.96. The average Bonchev–Trinajstić information content (AvgIpc) is 2.66. The smallest absolute Gasteiger partial charge is 0.223 e. The van der Waals surface area contributed by atoms with Crippen molar-refractivity contribution < 1.29 is 4.79 Å². The standard InChI is InChI=1S/C15H25N3O/c1-14(2,11-16)4-3-9-18-12-15(10-13(18)19)5-7-17-8-6-15/h17H,3-10,12H2,1-2H3. The van der Waals surface area contributed by atoms with Crippen LogP contribution in [0.2, 0.25) is 0 Å². The van der Waals surface area contributed by atoms with Crippen LogP contribution in [-0.4, -0.2) is 37.0 Å². The summed E-state index contributed by atoms with van der Waals surface area (Å²) in [4.78, 5) is 14.1. The van der Waals surface area contributed by atoms with Crippen molar-refractivity contribution in [2.75, 3.05) is 26.2 Å². The average molecular weight is 263 g/mol. The molecule has 0 saturated carbocycles. The minimum absolute atomic E-state index is 0.243. The molecule has 19 heavy (non-hydrogen) atoms. The molecule has 0 radical (unpaired) electrons. The first kappa shape index (κ1) is 14.3. The van der Waals surface area contributed by atoms with E-state index in [-0.39, 0.29) is 10.8 Å². The highest BCUT2D eigenvalue weighted by atomic mass is 16.2. The first-order valence-corrected chi connectivity index (χ1v) is 7.36. The van der Waals surface area contributed by atoms with Gasteiger partial charge in [-0.05, 0) is 58.0 Å². The number of hydrogen-bond donors (Lipinski definition) is 1. The Kier molecular flexibility index (Phi) is 4.15. The molecule has 4 nitrogen and oxygen atoms in total. The minimum atomic E-state index is -0.269. The molecule has 2 saturated heterocycles. The van der Waals surface area contributed by atoms with Crippen LogP contribution >= 0.6 is 0 Å². The third-order valence-electron chi connectivity index (χ3n) is 4.60. The third kappa shape index (κ3) is 3.48. The van der Waals surface area contributed by atoms with Gasteiger partial charge in [-0.15, -0.1) is 0 Å². The van der Waals surface area contributed by atoms with Crippen LogP contribution in [0.25, 0.3) is 0 Å². The predicted octanol–water partition coefficient (Wildman–Crippen LogP) is 1.92. The molecule has 2 fully saturated rings. The van der Waals surface area contributed by atoms with Crippen LogP contribution in [-0.2, 0) is 4.79 Å². The fourth-order valence-corrected chi connectivity index (χ4v) is 3.25. The molecule has 2 aliphatic rings. The molecule has 1 N–H and O–H groups in total. The number of piperidine rings is 1. The summed E-state index contributed by atoms with van der Waals surface area (Å²) >= 11 is 0. The molecule has 0 unspecified atom stereocenters. The van der Waals surface area contributed by atoms with Crippen molar-refractivity contribution in [1.82, 2.24) is 10.2 Å². The Morgan fingerprint density at radius 3 is 2.74 bits per heavy atom. The number of nitrogens with one attached hydrogen (secondary N) is 1. The largest absolute Gasteiger partial charge is 0.342 e. The van der Waals surface area contributed by atoms with E-state index < -0.39 is 0 Å². The molecular weight excluding hydrogens is 238 g/mol. The van der Waals surface area contributed by atoms with Crippen LogP contribution in [0, 0.1) is 22.2 Å². The lowest BCUT2D eigenvalue weighted by Gasteiger charge is -2.33. The zero-order chi connectivity index (χ0) is 13.9. The molecule has 0 aromatic rings.